The Morgan fingerprint density at radius 1 is 0.614 bits per heavy atom. The number of β-lactam (4-membered cyclic amide) rings is 1. The zero-order valence-corrected chi connectivity index (χ0v) is 24.7. The predicted molar refractivity (Wildman–Crippen MR) is 176 cm³/mol. The number of benzene rings is 5. The molecule has 1 saturated heterocycles. The quantitative estimate of drug-likeness (QED) is 0.139. The van der Waals surface area contributed by atoms with Crippen LogP contribution in [0, 0.1) is 0 Å². The van der Waals surface area contributed by atoms with Gasteiger partial charge in [0.05, 0.1) is 16.5 Å². The summed E-state index contributed by atoms with van der Waals surface area (Å²) in [6.07, 6.45) is 0. The smallest absolute Gasteiger partial charge is 0.407 e. The molecule has 0 unspecified atom stereocenters. The Labute approximate surface area is 260 Å². The zero-order chi connectivity index (χ0) is 29.9. The van der Waals surface area contributed by atoms with Crippen LogP contribution >= 0.6 is 11.8 Å². The standard InChI is InChI=1S/C38H30N2O3S/c41-36-34(40-33(27-16-6-1-7-17-27)35(43-37(40)42)28-18-8-2-9-19-28)32(39-36)26-44-38(29-20-10-3-11-21-29,30-22-12-4-13-23-30)31-24-14-5-15-25-31/h1-25,32,34H,26H2,(H,39,41)/t32-,34+/m0/s1. The topological polar surface area (TPSA) is 64.2 Å². The monoisotopic (exact) mass is 594 g/mol. The first-order valence-electron chi connectivity index (χ1n) is 14.6. The van der Waals surface area contributed by atoms with E-state index in [4.69, 9.17) is 4.42 Å². The molecule has 2 heterocycles. The number of hydrogen-bond acceptors (Lipinski definition) is 4. The summed E-state index contributed by atoms with van der Waals surface area (Å²) in [4.78, 5) is 26.9. The van der Waals surface area contributed by atoms with Crippen LogP contribution in [-0.2, 0) is 9.54 Å². The number of thioether (sulfide) groups is 1. The Morgan fingerprint density at radius 2 is 1.05 bits per heavy atom. The molecule has 1 amide bonds. The third kappa shape index (κ3) is 4.87. The Morgan fingerprint density at radius 3 is 1.50 bits per heavy atom. The largest absolute Gasteiger partial charge is 0.420 e. The fourth-order valence-electron chi connectivity index (χ4n) is 6.14. The molecule has 0 aliphatic carbocycles. The Balaban J connectivity index is 1.32. The number of oxazole rings is 1. The maximum absolute atomic E-state index is 13.6. The molecule has 1 aliphatic rings. The van der Waals surface area contributed by atoms with E-state index in [0.29, 0.717) is 17.2 Å². The summed E-state index contributed by atoms with van der Waals surface area (Å²) in [5, 5.41) is 3.11. The van der Waals surface area contributed by atoms with E-state index >= 15 is 0 Å². The zero-order valence-electron chi connectivity index (χ0n) is 23.9. The van der Waals surface area contributed by atoms with Crippen molar-refractivity contribution in [2.75, 3.05) is 5.75 Å². The van der Waals surface area contributed by atoms with Crippen molar-refractivity contribution in [1.82, 2.24) is 9.88 Å². The van der Waals surface area contributed by atoms with Crippen LogP contribution in [-0.4, -0.2) is 22.3 Å². The lowest BCUT2D eigenvalue weighted by atomic mass is 9.84. The molecule has 44 heavy (non-hydrogen) atoms. The molecule has 0 saturated carbocycles. The third-order valence-corrected chi connectivity index (χ3v) is 9.87. The summed E-state index contributed by atoms with van der Waals surface area (Å²) < 4.78 is 6.92. The van der Waals surface area contributed by atoms with Crippen molar-refractivity contribution in [3.8, 4) is 22.6 Å². The first-order valence-corrected chi connectivity index (χ1v) is 15.6. The molecule has 6 aromatic rings. The summed E-state index contributed by atoms with van der Waals surface area (Å²) >= 11 is 1.76. The van der Waals surface area contributed by atoms with Gasteiger partial charge in [0.25, 0.3) is 0 Å². The number of rotatable bonds is 9. The molecule has 1 N–H and O–H groups in total. The molecule has 7 rings (SSSR count). The van der Waals surface area contributed by atoms with Gasteiger partial charge in [-0.3, -0.25) is 9.36 Å². The second-order valence-corrected chi connectivity index (χ2v) is 12.0. The van der Waals surface area contributed by atoms with Gasteiger partial charge in [0.15, 0.2) is 5.76 Å². The first kappa shape index (κ1) is 27.7. The van der Waals surface area contributed by atoms with Gasteiger partial charge in [-0.05, 0) is 16.7 Å². The fraction of sp³-hybridized carbons (Fsp3) is 0.105. The lowest BCUT2D eigenvalue weighted by molar-refractivity contribution is -0.133. The molecule has 0 radical (unpaired) electrons. The lowest BCUT2D eigenvalue weighted by Crippen LogP contribution is -2.61. The SMILES string of the molecule is O=C1N[C@@H](CSC(c2ccccc2)(c2ccccc2)c2ccccc2)[C@H]1n1c(-c2ccccc2)c(-c2ccccc2)oc1=O. The highest BCUT2D eigenvalue weighted by Gasteiger charge is 2.46. The van der Waals surface area contributed by atoms with Crippen LogP contribution in [0.15, 0.2) is 161 Å². The molecule has 5 aromatic carbocycles. The normalized spacial score (nSPS) is 16.2. The van der Waals surface area contributed by atoms with Gasteiger partial charge in [-0.2, -0.15) is 0 Å². The molecule has 6 heteroatoms. The maximum atomic E-state index is 13.6. The second-order valence-electron chi connectivity index (χ2n) is 10.8. The molecule has 1 aliphatic heterocycles. The molecule has 1 fully saturated rings. The molecule has 2 atom stereocenters. The average molecular weight is 595 g/mol. The van der Waals surface area contributed by atoms with Crippen LogP contribution < -0.4 is 11.1 Å². The van der Waals surface area contributed by atoms with Gasteiger partial charge in [-0.1, -0.05) is 152 Å². The molecule has 1 aromatic heterocycles. The highest BCUT2D eigenvalue weighted by atomic mass is 32.2. The van der Waals surface area contributed by atoms with Crippen LogP contribution in [0.1, 0.15) is 22.7 Å². The Bertz CT molecular complexity index is 1830. The Kier molecular flexibility index (Phi) is 7.50. The minimum atomic E-state index is -0.716. The van der Waals surface area contributed by atoms with Crippen molar-refractivity contribution in [3.63, 3.8) is 0 Å². The molecule has 0 spiro atoms. The van der Waals surface area contributed by atoms with E-state index in [1.165, 1.54) is 0 Å². The minimum absolute atomic E-state index is 0.194. The van der Waals surface area contributed by atoms with Crippen LogP contribution in [0.4, 0.5) is 0 Å². The van der Waals surface area contributed by atoms with E-state index in [-0.39, 0.29) is 11.9 Å². The van der Waals surface area contributed by atoms with Gasteiger partial charge in [0, 0.05) is 16.9 Å². The van der Waals surface area contributed by atoms with Gasteiger partial charge in [0.2, 0.25) is 5.91 Å². The lowest BCUT2D eigenvalue weighted by Gasteiger charge is -2.41. The number of nitrogens with zero attached hydrogens (tertiary/aromatic N) is 1. The van der Waals surface area contributed by atoms with Crippen LogP contribution in [0.5, 0.6) is 0 Å². The average Bonchev–Trinajstić information content (AvgIpc) is 3.42. The van der Waals surface area contributed by atoms with Crippen LogP contribution in [0.2, 0.25) is 0 Å². The predicted octanol–water partition coefficient (Wildman–Crippen LogP) is 7.54. The van der Waals surface area contributed by atoms with Crippen molar-refractivity contribution < 1.29 is 9.21 Å². The number of aromatic nitrogens is 1. The number of amides is 1. The molecule has 5 nitrogen and oxygen atoms in total. The number of carbonyl (C=O) groups is 1. The van der Waals surface area contributed by atoms with Crippen molar-refractivity contribution in [3.05, 3.63) is 179 Å². The molecule has 0 bridgehead atoms. The summed E-state index contributed by atoms with van der Waals surface area (Å²) in [6.45, 7) is 0. The second kappa shape index (κ2) is 11.9. The van der Waals surface area contributed by atoms with Crippen molar-refractivity contribution >= 4 is 17.7 Å². The van der Waals surface area contributed by atoms with Crippen molar-refractivity contribution in [2.45, 2.75) is 16.8 Å². The number of nitrogens with one attached hydrogen (secondary N) is 1. The van der Waals surface area contributed by atoms with E-state index in [1.807, 2.05) is 78.9 Å². The summed E-state index contributed by atoms with van der Waals surface area (Å²) in [5.74, 6) is 0.278. The first-order chi connectivity index (χ1) is 21.7. The van der Waals surface area contributed by atoms with Crippen LogP contribution in [0.25, 0.3) is 22.6 Å². The van der Waals surface area contributed by atoms with Gasteiger partial charge in [0.1, 0.15) is 6.04 Å². The summed E-state index contributed by atoms with van der Waals surface area (Å²) in [5.41, 5.74) is 5.63. The van der Waals surface area contributed by atoms with Crippen LogP contribution in [0.3, 0.4) is 0 Å². The highest BCUT2D eigenvalue weighted by Crippen LogP contribution is 2.49. The molecule has 216 valence electrons. The fourth-order valence-corrected chi connectivity index (χ4v) is 7.74. The van der Waals surface area contributed by atoms with Gasteiger partial charge >= 0.3 is 5.76 Å². The van der Waals surface area contributed by atoms with E-state index < -0.39 is 16.5 Å². The van der Waals surface area contributed by atoms with Gasteiger partial charge in [-0.15, -0.1) is 11.8 Å². The maximum Gasteiger partial charge on any atom is 0.420 e. The van der Waals surface area contributed by atoms with Crippen molar-refractivity contribution in [1.29, 1.82) is 0 Å². The van der Waals surface area contributed by atoms with E-state index in [2.05, 4.69) is 78.1 Å². The van der Waals surface area contributed by atoms with Gasteiger partial charge in [-0.25, -0.2) is 4.79 Å². The summed E-state index contributed by atoms with van der Waals surface area (Å²) in [6, 6.07) is 49.6. The molecular weight excluding hydrogens is 564 g/mol. The number of carbonyl (C=O) groups excluding carboxylic acids is 1. The van der Waals surface area contributed by atoms with Gasteiger partial charge < -0.3 is 9.73 Å². The van der Waals surface area contributed by atoms with E-state index in [1.54, 1.807) is 16.3 Å². The van der Waals surface area contributed by atoms with Crippen molar-refractivity contribution in [2.24, 2.45) is 0 Å². The Hall–Kier alpha value is -5.07. The molecular formula is C38H30N2O3S. The summed E-state index contributed by atoms with van der Waals surface area (Å²) in [7, 11) is 0. The van der Waals surface area contributed by atoms with E-state index in [9.17, 15) is 9.59 Å². The van der Waals surface area contributed by atoms with E-state index in [0.717, 1.165) is 27.8 Å². The number of hydrogen-bond donors (Lipinski definition) is 1. The third-order valence-electron chi connectivity index (χ3n) is 8.20. The minimum Gasteiger partial charge on any atom is -0.407 e. The highest BCUT2D eigenvalue weighted by molar-refractivity contribution is 8.00.